The number of nitrogen functional groups attached to an aromatic ring is 2. The summed E-state index contributed by atoms with van der Waals surface area (Å²) in [5.41, 5.74) is 16.9. The summed E-state index contributed by atoms with van der Waals surface area (Å²) in [6.07, 6.45) is 4.25. The van der Waals surface area contributed by atoms with Gasteiger partial charge in [0.25, 0.3) is 0 Å². The predicted molar refractivity (Wildman–Crippen MR) is 98.9 cm³/mol. The summed E-state index contributed by atoms with van der Waals surface area (Å²) >= 11 is 0. The van der Waals surface area contributed by atoms with Crippen molar-refractivity contribution in [2.24, 2.45) is 11.7 Å². The van der Waals surface area contributed by atoms with Crippen LogP contribution in [-0.4, -0.2) is 5.84 Å². The third-order valence-corrected chi connectivity index (χ3v) is 4.09. The van der Waals surface area contributed by atoms with Crippen LogP contribution in [0.4, 0.5) is 5.69 Å². The molecular weight excluding hydrogens is 282 g/mol. The lowest BCUT2D eigenvalue weighted by molar-refractivity contribution is 0.555. The Bertz CT molecular complexity index is 674. The van der Waals surface area contributed by atoms with Crippen LogP contribution >= 0.6 is 0 Å². The van der Waals surface area contributed by atoms with Crippen LogP contribution in [0.3, 0.4) is 0 Å². The molecule has 23 heavy (non-hydrogen) atoms. The number of rotatable bonds is 7. The van der Waals surface area contributed by atoms with E-state index in [0.717, 1.165) is 30.5 Å². The highest BCUT2D eigenvalue weighted by molar-refractivity contribution is 5.95. The average Bonchev–Trinajstić information content (AvgIpc) is 2.48. The summed E-state index contributed by atoms with van der Waals surface area (Å²) in [4.78, 5) is 0. The Morgan fingerprint density at radius 3 is 2.52 bits per heavy atom. The molecule has 0 aliphatic heterocycles. The molecule has 0 fully saturated rings. The fourth-order valence-corrected chi connectivity index (χ4v) is 2.82. The maximum atomic E-state index is 7.66. The molecule has 0 radical (unpaired) electrons. The minimum atomic E-state index is 0.130. The van der Waals surface area contributed by atoms with Gasteiger partial charge in [-0.3, -0.25) is 5.41 Å². The van der Waals surface area contributed by atoms with Crippen LogP contribution in [0.15, 0.2) is 42.5 Å². The Kier molecular flexibility index (Phi) is 5.80. The second-order valence-corrected chi connectivity index (χ2v) is 6.61. The largest absolute Gasteiger partial charge is 0.399 e. The fraction of sp³-hybridized carbons (Fsp3) is 0.350. The zero-order valence-corrected chi connectivity index (χ0v) is 14.1. The molecule has 0 saturated carbocycles. The van der Waals surface area contributed by atoms with Crippen LogP contribution < -0.4 is 11.5 Å². The van der Waals surface area contributed by atoms with Crippen LogP contribution in [-0.2, 0) is 12.8 Å². The van der Waals surface area contributed by atoms with Gasteiger partial charge in [0, 0.05) is 11.3 Å². The summed E-state index contributed by atoms with van der Waals surface area (Å²) in [7, 11) is 0. The minimum absolute atomic E-state index is 0.130. The molecule has 2 rings (SSSR count). The van der Waals surface area contributed by atoms with Crippen molar-refractivity contribution >= 4 is 11.5 Å². The van der Waals surface area contributed by atoms with Crippen molar-refractivity contribution in [1.82, 2.24) is 0 Å². The first-order chi connectivity index (χ1) is 11.0. The fourth-order valence-electron chi connectivity index (χ4n) is 2.82. The van der Waals surface area contributed by atoms with Crippen molar-refractivity contribution in [3.05, 3.63) is 64.7 Å². The lowest BCUT2D eigenvalue weighted by Crippen LogP contribution is -2.12. The van der Waals surface area contributed by atoms with Gasteiger partial charge in [0.2, 0.25) is 0 Å². The van der Waals surface area contributed by atoms with Gasteiger partial charge in [-0.25, -0.2) is 0 Å². The summed E-state index contributed by atoms with van der Waals surface area (Å²) < 4.78 is 0. The van der Waals surface area contributed by atoms with Crippen molar-refractivity contribution < 1.29 is 0 Å². The van der Waals surface area contributed by atoms with Gasteiger partial charge in [-0.05, 0) is 60.1 Å². The molecule has 3 nitrogen and oxygen atoms in total. The zero-order valence-electron chi connectivity index (χ0n) is 14.1. The van der Waals surface area contributed by atoms with Gasteiger partial charge < -0.3 is 11.5 Å². The molecule has 0 saturated heterocycles. The van der Waals surface area contributed by atoms with Crippen molar-refractivity contribution in [1.29, 1.82) is 5.41 Å². The zero-order chi connectivity index (χ0) is 16.8. The van der Waals surface area contributed by atoms with Gasteiger partial charge in [-0.1, -0.05) is 44.5 Å². The van der Waals surface area contributed by atoms with Crippen LogP contribution in [0.2, 0.25) is 0 Å². The van der Waals surface area contributed by atoms with Gasteiger partial charge in [-0.15, -0.1) is 0 Å². The van der Waals surface area contributed by atoms with E-state index in [2.05, 4.69) is 32.0 Å². The highest BCUT2D eigenvalue weighted by Crippen LogP contribution is 2.20. The SMILES string of the molecule is CC(C)CCCc1cc(C(=N)N)ccc1Cc1cccc(N)c1. The molecule has 0 aliphatic rings. The molecule has 0 amide bonds. The Hall–Kier alpha value is -2.29. The average molecular weight is 309 g/mol. The number of amidine groups is 1. The standard InChI is InChI=1S/C20H27N3/c1-14(2)5-3-7-16-13-18(20(22)23)10-9-17(16)11-15-6-4-8-19(21)12-15/h4,6,8-10,12-14H,3,5,7,11,21H2,1-2H3,(H3,22,23). The van der Waals surface area contributed by atoms with Gasteiger partial charge in [0.15, 0.2) is 0 Å². The van der Waals surface area contributed by atoms with Gasteiger partial charge in [-0.2, -0.15) is 0 Å². The summed E-state index contributed by atoms with van der Waals surface area (Å²) in [6.45, 7) is 4.50. The summed E-state index contributed by atoms with van der Waals surface area (Å²) in [5.74, 6) is 0.842. The maximum Gasteiger partial charge on any atom is 0.122 e. The Morgan fingerprint density at radius 1 is 1.09 bits per heavy atom. The topological polar surface area (TPSA) is 75.9 Å². The van der Waals surface area contributed by atoms with E-state index in [0.29, 0.717) is 5.92 Å². The van der Waals surface area contributed by atoms with E-state index in [-0.39, 0.29) is 5.84 Å². The number of hydrogen-bond donors (Lipinski definition) is 3. The highest BCUT2D eigenvalue weighted by Gasteiger charge is 2.08. The van der Waals surface area contributed by atoms with E-state index in [9.17, 15) is 0 Å². The van der Waals surface area contributed by atoms with Crippen molar-refractivity contribution in [3.63, 3.8) is 0 Å². The number of hydrogen-bond acceptors (Lipinski definition) is 2. The van der Waals surface area contributed by atoms with E-state index < -0.39 is 0 Å². The van der Waals surface area contributed by atoms with Crippen molar-refractivity contribution in [3.8, 4) is 0 Å². The Labute approximate surface area is 139 Å². The molecule has 0 heterocycles. The van der Waals surface area contributed by atoms with Crippen molar-refractivity contribution in [2.75, 3.05) is 5.73 Å². The molecule has 5 N–H and O–H groups in total. The maximum absolute atomic E-state index is 7.66. The molecule has 0 aromatic heterocycles. The first-order valence-corrected chi connectivity index (χ1v) is 8.26. The Balaban J connectivity index is 2.23. The molecule has 3 heteroatoms. The molecule has 0 bridgehead atoms. The van der Waals surface area contributed by atoms with Gasteiger partial charge in [0.1, 0.15) is 5.84 Å². The second kappa shape index (κ2) is 7.82. The molecule has 0 atom stereocenters. The van der Waals surface area contributed by atoms with Crippen LogP contribution in [0.25, 0.3) is 0 Å². The number of anilines is 1. The molecule has 2 aromatic rings. The van der Waals surface area contributed by atoms with Gasteiger partial charge >= 0.3 is 0 Å². The smallest absolute Gasteiger partial charge is 0.122 e. The molecule has 0 aliphatic carbocycles. The molecule has 2 aromatic carbocycles. The van der Waals surface area contributed by atoms with Gasteiger partial charge in [0.05, 0.1) is 0 Å². The first-order valence-electron chi connectivity index (χ1n) is 8.26. The van der Waals surface area contributed by atoms with Crippen LogP contribution in [0.1, 0.15) is 48.9 Å². The molecular formula is C20H27N3. The molecule has 0 unspecified atom stereocenters. The molecule has 0 spiro atoms. The number of nitrogens with two attached hydrogens (primary N) is 2. The van der Waals surface area contributed by atoms with Crippen LogP contribution in [0.5, 0.6) is 0 Å². The summed E-state index contributed by atoms with van der Waals surface area (Å²) in [6, 6.07) is 14.1. The van der Waals surface area contributed by atoms with E-state index in [1.807, 2.05) is 24.3 Å². The van der Waals surface area contributed by atoms with Crippen molar-refractivity contribution in [2.45, 2.75) is 39.5 Å². The second-order valence-electron chi connectivity index (χ2n) is 6.61. The van der Waals surface area contributed by atoms with E-state index >= 15 is 0 Å². The monoisotopic (exact) mass is 309 g/mol. The number of nitrogens with one attached hydrogen (secondary N) is 1. The normalized spacial score (nSPS) is 10.9. The van der Waals surface area contributed by atoms with E-state index in [1.54, 1.807) is 0 Å². The molecule has 122 valence electrons. The van der Waals surface area contributed by atoms with E-state index in [1.165, 1.54) is 23.1 Å². The first kappa shape index (κ1) is 17.1. The minimum Gasteiger partial charge on any atom is -0.399 e. The summed E-state index contributed by atoms with van der Waals surface area (Å²) in [5, 5.41) is 7.66. The number of benzene rings is 2. The quantitative estimate of drug-likeness (QED) is 0.409. The van der Waals surface area contributed by atoms with E-state index in [4.69, 9.17) is 16.9 Å². The Morgan fingerprint density at radius 2 is 1.87 bits per heavy atom. The number of aryl methyl sites for hydroxylation is 1. The third kappa shape index (κ3) is 5.13. The highest BCUT2D eigenvalue weighted by atomic mass is 14.7. The lowest BCUT2D eigenvalue weighted by Gasteiger charge is -2.13. The predicted octanol–water partition coefficient (Wildman–Crippen LogP) is 4.12. The van der Waals surface area contributed by atoms with Crippen LogP contribution in [0, 0.1) is 11.3 Å². The lowest BCUT2D eigenvalue weighted by atomic mass is 9.93. The third-order valence-electron chi connectivity index (χ3n) is 4.09.